The SMILES string of the molecule is Cc1nc(N(C)CCO)cc(N(C)C(C)C)n1. The number of hydrogen-bond acceptors (Lipinski definition) is 5. The molecule has 17 heavy (non-hydrogen) atoms. The van der Waals surface area contributed by atoms with Gasteiger partial charge in [0.2, 0.25) is 0 Å². The quantitative estimate of drug-likeness (QED) is 0.831. The van der Waals surface area contributed by atoms with Crippen molar-refractivity contribution in [3.8, 4) is 0 Å². The molecule has 0 saturated carbocycles. The summed E-state index contributed by atoms with van der Waals surface area (Å²) in [5, 5.41) is 8.94. The number of aliphatic hydroxyl groups excluding tert-OH is 1. The van der Waals surface area contributed by atoms with Crippen molar-refractivity contribution in [2.45, 2.75) is 26.8 Å². The van der Waals surface area contributed by atoms with Gasteiger partial charge in [-0.1, -0.05) is 0 Å². The molecule has 0 fully saturated rings. The first-order valence-corrected chi connectivity index (χ1v) is 5.86. The number of rotatable bonds is 5. The highest BCUT2D eigenvalue weighted by atomic mass is 16.3. The van der Waals surface area contributed by atoms with Crippen molar-refractivity contribution in [2.75, 3.05) is 37.0 Å². The van der Waals surface area contributed by atoms with Crippen molar-refractivity contribution < 1.29 is 5.11 Å². The van der Waals surface area contributed by atoms with E-state index in [-0.39, 0.29) is 6.61 Å². The molecule has 0 amide bonds. The Kier molecular flexibility index (Phi) is 4.69. The van der Waals surface area contributed by atoms with Gasteiger partial charge in [-0.25, -0.2) is 9.97 Å². The van der Waals surface area contributed by atoms with Gasteiger partial charge in [-0.15, -0.1) is 0 Å². The van der Waals surface area contributed by atoms with Crippen molar-refractivity contribution in [3.05, 3.63) is 11.9 Å². The number of nitrogens with zero attached hydrogens (tertiary/aromatic N) is 4. The predicted octanol–water partition coefficient (Wildman–Crippen LogP) is 1.06. The Morgan fingerprint density at radius 1 is 1.24 bits per heavy atom. The minimum atomic E-state index is 0.120. The average Bonchev–Trinajstić information content (AvgIpc) is 2.27. The topological polar surface area (TPSA) is 52.5 Å². The van der Waals surface area contributed by atoms with Crippen molar-refractivity contribution in [1.29, 1.82) is 0 Å². The maximum atomic E-state index is 8.94. The van der Waals surface area contributed by atoms with E-state index in [4.69, 9.17) is 5.11 Å². The molecule has 5 heteroatoms. The zero-order valence-corrected chi connectivity index (χ0v) is 11.3. The first kappa shape index (κ1) is 13.7. The molecule has 1 aromatic heterocycles. The van der Waals surface area contributed by atoms with E-state index >= 15 is 0 Å². The summed E-state index contributed by atoms with van der Waals surface area (Å²) in [4.78, 5) is 12.8. The smallest absolute Gasteiger partial charge is 0.134 e. The first-order chi connectivity index (χ1) is 7.95. The molecular formula is C12H22N4O. The lowest BCUT2D eigenvalue weighted by atomic mass is 10.3. The maximum Gasteiger partial charge on any atom is 0.134 e. The molecule has 5 nitrogen and oxygen atoms in total. The third-order valence-electron chi connectivity index (χ3n) is 2.77. The Hall–Kier alpha value is -1.36. The highest BCUT2D eigenvalue weighted by Gasteiger charge is 2.11. The van der Waals surface area contributed by atoms with E-state index in [0.717, 1.165) is 17.5 Å². The second kappa shape index (κ2) is 5.82. The molecule has 1 heterocycles. The number of aliphatic hydroxyl groups is 1. The molecule has 0 radical (unpaired) electrons. The fourth-order valence-electron chi connectivity index (χ4n) is 1.44. The van der Waals surface area contributed by atoms with Crippen LogP contribution in [0.3, 0.4) is 0 Å². The molecule has 0 aromatic carbocycles. The lowest BCUT2D eigenvalue weighted by Crippen LogP contribution is -2.28. The summed E-state index contributed by atoms with van der Waals surface area (Å²) < 4.78 is 0. The van der Waals surface area contributed by atoms with Crippen LogP contribution in [0.5, 0.6) is 0 Å². The number of likely N-dealkylation sites (N-methyl/N-ethyl adjacent to an activating group) is 1. The van der Waals surface area contributed by atoms with Crippen LogP contribution in [-0.4, -0.2) is 48.4 Å². The van der Waals surface area contributed by atoms with Gasteiger partial charge in [0.05, 0.1) is 6.61 Å². The summed E-state index contributed by atoms with van der Waals surface area (Å²) in [6.07, 6.45) is 0. The van der Waals surface area contributed by atoms with Gasteiger partial charge in [0, 0.05) is 32.7 Å². The molecule has 1 N–H and O–H groups in total. The van der Waals surface area contributed by atoms with Crippen LogP contribution in [0.25, 0.3) is 0 Å². The van der Waals surface area contributed by atoms with Crippen molar-refractivity contribution >= 4 is 11.6 Å². The zero-order chi connectivity index (χ0) is 13.0. The molecule has 0 unspecified atom stereocenters. The van der Waals surface area contributed by atoms with Crippen LogP contribution in [0.1, 0.15) is 19.7 Å². The molecule has 1 aromatic rings. The van der Waals surface area contributed by atoms with Crippen LogP contribution >= 0.6 is 0 Å². The number of hydrogen-bond donors (Lipinski definition) is 1. The molecule has 1 rings (SSSR count). The second-order valence-electron chi connectivity index (χ2n) is 4.48. The lowest BCUT2D eigenvalue weighted by molar-refractivity contribution is 0.304. The minimum absolute atomic E-state index is 0.120. The van der Waals surface area contributed by atoms with Gasteiger partial charge in [-0.3, -0.25) is 0 Å². The van der Waals surface area contributed by atoms with Crippen LogP contribution < -0.4 is 9.80 Å². The van der Waals surface area contributed by atoms with Gasteiger partial charge >= 0.3 is 0 Å². The number of aryl methyl sites for hydroxylation is 1. The van der Waals surface area contributed by atoms with E-state index in [9.17, 15) is 0 Å². The highest BCUT2D eigenvalue weighted by Crippen LogP contribution is 2.18. The molecule has 0 spiro atoms. The van der Waals surface area contributed by atoms with E-state index in [2.05, 4.69) is 28.7 Å². The molecule has 0 aliphatic heterocycles. The Labute approximate surface area is 103 Å². The van der Waals surface area contributed by atoms with Crippen molar-refractivity contribution in [2.24, 2.45) is 0 Å². The Morgan fingerprint density at radius 2 is 1.82 bits per heavy atom. The van der Waals surface area contributed by atoms with E-state index < -0.39 is 0 Å². The summed E-state index contributed by atoms with van der Waals surface area (Å²) in [6, 6.07) is 2.34. The Bertz CT molecular complexity index is 368. The Morgan fingerprint density at radius 3 is 2.35 bits per heavy atom. The van der Waals surface area contributed by atoms with Crippen LogP contribution in [0, 0.1) is 6.92 Å². The monoisotopic (exact) mass is 238 g/mol. The van der Waals surface area contributed by atoms with Crippen LogP contribution in [0.2, 0.25) is 0 Å². The van der Waals surface area contributed by atoms with Gasteiger partial charge in [-0.05, 0) is 20.8 Å². The van der Waals surface area contributed by atoms with E-state index in [0.29, 0.717) is 12.6 Å². The summed E-state index contributed by atoms with van der Waals surface area (Å²) in [5.74, 6) is 2.50. The predicted molar refractivity (Wildman–Crippen MR) is 70.7 cm³/mol. The summed E-state index contributed by atoms with van der Waals surface area (Å²) in [5.41, 5.74) is 0. The second-order valence-corrected chi connectivity index (χ2v) is 4.48. The molecule has 0 aliphatic rings. The summed E-state index contributed by atoms with van der Waals surface area (Å²) >= 11 is 0. The van der Waals surface area contributed by atoms with Crippen molar-refractivity contribution in [3.63, 3.8) is 0 Å². The standard InChI is InChI=1S/C12H22N4O/c1-9(2)16(5)12-8-11(13-10(3)14-12)15(4)6-7-17/h8-9,17H,6-7H2,1-5H3. The normalized spacial score (nSPS) is 10.8. The number of aromatic nitrogens is 2. The lowest BCUT2D eigenvalue weighted by Gasteiger charge is -2.25. The van der Waals surface area contributed by atoms with E-state index in [1.165, 1.54) is 0 Å². The first-order valence-electron chi connectivity index (χ1n) is 5.86. The third-order valence-corrected chi connectivity index (χ3v) is 2.77. The van der Waals surface area contributed by atoms with Crippen molar-refractivity contribution in [1.82, 2.24) is 9.97 Å². The van der Waals surface area contributed by atoms with Gasteiger partial charge < -0.3 is 14.9 Å². The molecule has 0 atom stereocenters. The van der Waals surface area contributed by atoms with Gasteiger partial charge in [0.15, 0.2) is 0 Å². The van der Waals surface area contributed by atoms with Gasteiger partial charge in [-0.2, -0.15) is 0 Å². The average molecular weight is 238 g/mol. The fraction of sp³-hybridized carbons (Fsp3) is 0.667. The summed E-state index contributed by atoms with van der Waals surface area (Å²) in [6.45, 7) is 6.81. The largest absolute Gasteiger partial charge is 0.395 e. The molecular weight excluding hydrogens is 216 g/mol. The number of anilines is 2. The highest BCUT2D eigenvalue weighted by molar-refractivity contribution is 5.50. The zero-order valence-electron chi connectivity index (χ0n) is 11.3. The molecule has 0 bridgehead atoms. The van der Waals surface area contributed by atoms with Gasteiger partial charge in [0.1, 0.15) is 17.5 Å². The molecule has 0 saturated heterocycles. The fourth-order valence-corrected chi connectivity index (χ4v) is 1.44. The maximum absolute atomic E-state index is 8.94. The van der Waals surface area contributed by atoms with E-state index in [1.54, 1.807) is 0 Å². The third kappa shape index (κ3) is 3.56. The van der Waals surface area contributed by atoms with E-state index in [1.807, 2.05) is 32.0 Å². The Balaban J connectivity index is 3.01. The van der Waals surface area contributed by atoms with Crippen LogP contribution in [0.4, 0.5) is 11.6 Å². The minimum Gasteiger partial charge on any atom is -0.395 e. The van der Waals surface area contributed by atoms with Crippen LogP contribution in [0.15, 0.2) is 6.07 Å². The summed E-state index contributed by atoms with van der Waals surface area (Å²) in [7, 11) is 3.93. The van der Waals surface area contributed by atoms with Gasteiger partial charge in [0.25, 0.3) is 0 Å². The molecule has 96 valence electrons. The van der Waals surface area contributed by atoms with Crippen LogP contribution in [-0.2, 0) is 0 Å². The molecule has 0 aliphatic carbocycles.